The van der Waals surface area contributed by atoms with Crippen molar-refractivity contribution >= 4 is 23.2 Å². The second-order valence-electron chi connectivity index (χ2n) is 4.14. The lowest BCUT2D eigenvalue weighted by Crippen LogP contribution is -2.27. The molecule has 1 atom stereocenters. The third-order valence-corrected chi connectivity index (χ3v) is 3.42. The minimum Gasteiger partial charge on any atom is -0.489 e. The van der Waals surface area contributed by atoms with Crippen LogP contribution in [0, 0.1) is 0 Å². The molecule has 1 aliphatic heterocycles. The highest BCUT2D eigenvalue weighted by Crippen LogP contribution is 2.32. The summed E-state index contributed by atoms with van der Waals surface area (Å²) in [6.07, 6.45) is 0.645. The van der Waals surface area contributed by atoms with E-state index in [0.29, 0.717) is 22.4 Å². The van der Waals surface area contributed by atoms with Crippen molar-refractivity contribution in [1.82, 2.24) is 4.90 Å². The highest BCUT2D eigenvalue weighted by Gasteiger charge is 2.19. The van der Waals surface area contributed by atoms with Gasteiger partial charge in [-0.3, -0.25) is 4.90 Å². The van der Waals surface area contributed by atoms with Crippen molar-refractivity contribution in [2.45, 2.75) is 12.5 Å². The van der Waals surface area contributed by atoms with Gasteiger partial charge in [0, 0.05) is 19.6 Å². The predicted molar refractivity (Wildman–Crippen MR) is 69.0 cm³/mol. The summed E-state index contributed by atoms with van der Waals surface area (Å²) in [7, 11) is 0. The molecule has 1 aromatic carbocycles. The van der Waals surface area contributed by atoms with E-state index in [1.165, 1.54) is 0 Å². The summed E-state index contributed by atoms with van der Waals surface area (Å²) >= 11 is 12.0. The van der Waals surface area contributed by atoms with Crippen molar-refractivity contribution in [2.75, 3.05) is 26.2 Å². The summed E-state index contributed by atoms with van der Waals surface area (Å²) in [4.78, 5) is 2.16. The summed E-state index contributed by atoms with van der Waals surface area (Å²) in [6.45, 7) is 2.94. The Balaban J connectivity index is 1.82. The van der Waals surface area contributed by atoms with Crippen molar-refractivity contribution in [1.29, 1.82) is 0 Å². The number of hydrogen-bond donors (Lipinski definition) is 1. The highest BCUT2D eigenvalue weighted by atomic mass is 35.5. The van der Waals surface area contributed by atoms with Crippen molar-refractivity contribution < 1.29 is 9.84 Å². The second-order valence-corrected chi connectivity index (χ2v) is 4.96. The third-order valence-electron chi connectivity index (χ3n) is 2.82. The third kappa shape index (κ3) is 3.49. The van der Waals surface area contributed by atoms with E-state index in [2.05, 4.69) is 4.90 Å². The van der Waals surface area contributed by atoms with Gasteiger partial charge in [-0.25, -0.2) is 0 Å². The van der Waals surface area contributed by atoms with Gasteiger partial charge in [-0.15, -0.1) is 0 Å². The van der Waals surface area contributed by atoms with Gasteiger partial charge in [0.05, 0.1) is 16.1 Å². The number of benzene rings is 1. The maximum atomic E-state index is 9.38. The van der Waals surface area contributed by atoms with E-state index < -0.39 is 0 Å². The molecule has 0 amide bonds. The summed E-state index contributed by atoms with van der Waals surface area (Å²) < 4.78 is 5.58. The molecule has 1 fully saturated rings. The van der Waals surface area contributed by atoms with Crippen LogP contribution in [0.1, 0.15) is 6.42 Å². The molecule has 0 radical (unpaired) electrons. The fourth-order valence-corrected chi connectivity index (χ4v) is 2.42. The predicted octanol–water partition coefficient (Wildman–Crippen LogP) is 2.44. The Bertz CT molecular complexity index is 367. The number of likely N-dealkylation sites (tertiary alicyclic amines) is 1. The van der Waals surface area contributed by atoms with Crippen LogP contribution in [-0.2, 0) is 0 Å². The van der Waals surface area contributed by atoms with E-state index in [4.69, 9.17) is 27.9 Å². The zero-order chi connectivity index (χ0) is 12.3. The summed E-state index contributed by atoms with van der Waals surface area (Å²) in [5, 5.41) is 10.4. The Morgan fingerprint density at radius 2 is 2.06 bits per heavy atom. The van der Waals surface area contributed by atoms with Crippen molar-refractivity contribution in [2.24, 2.45) is 0 Å². The lowest BCUT2D eigenvalue weighted by molar-refractivity contribution is 0.167. The molecule has 0 spiro atoms. The Hall–Kier alpha value is -0.480. The average molecular weight is 276 g/mol. The lowest BCUT2D eigenvalue weighted by Gasteiger charge is -2.16. The molecule has 0 bridgehead atoms. The van der Waals surface area contributed by atoms with Crippen LogP contribution >= 0.6 is 23.2 Å². The largest absolute Gasteiger partial charge is 0.489 e. The van der Waals surface area contributed by atoms with Crippen LogP contribution < -0.4 is 4.74 Å². The normalized spacial score (nSPS) is 20.8. The molecule has 1 aliphatic rings. The smallest absolute Gasteiger partial charge is 0.156 e. The van der Waals surface area contributed by atoms with Gasteiger partial charge in [0.25, 0.3) is 0 Å². The Kier molecular flexibility index (Phi) is 4.51. The Morgan fingerprint density at radius 1 is 1.35 bits per heavy atom. The Labute approximate surface area is 111 Å². The first-order valence-electron chi connectivity index (χ1n) is 5.64. The van der Waals surface area contributed by atoms with E-state index >= 15 is 0 Å². The zero-order valence-electron chi connectivity index (χ0n) is 9.40. The molecular weight excluding hydrogens is 261 g/mol. The van der Waals surface area contributed by atoms with Crippen LogP contribution in [0.25, 0.3) is 0 Å². The maximum Gasteiger partial charge on any atom is 0.156 e. The number of β-amino-alcohol motifs (C(OH)–C–C–N with tert-alkyl or cyclic N) is 1. The molecular formula is C12H15Cl2NO2. The van der Waals surface area contributed by atoms with Crippen LogP contribution in [0.15, 0.2) is 18.2 Å². The van der Waals surface area contributed by atoms with Crippen LogP contribution in [0.3, 0.4) is 0 Å². The quantitative estimate of drug-likeness (QED) is 0.916. The molecule has 0 saturated carbocycles. The van der Waals surface area contributed by atoms with Gasteiger partial charge >= 0.3 is 0 Å². The standard InChI is InChI=1S/C12H15Cl2NO2/c13-10-2-1-3-11(14)12(10)17-7-6-15-5-4-9(16)8-15/h1-3,9,16H,4-8H2/t9-/m0/s1. The number of hydrogen-bond acceptors (Lipinski definition) is 3. The fourth-order valence-electron chi connectivity index (χ4n) is 1.91. The molecule has 0 aliphatic carbocycles. The molecule has 1 saturated heterocycles. The molecule has 3 nitrogen and oxygen atoms in total. The minimum absolute atomic E-state index is 0.195. The van der Waals surface area contributed by atoms with Gasteiger partial charge in [-0.1, -0.05) is 29.3 Å². The van der Waals surface area contributed by atoms with Crippen molar-refractivity contribution in [3.63, 3.8) is 0 Å². The van der Waals surface area contributed by atoms with E-state index in [0.717, 1.165) is 26.1 Å². The molecule has 94 valence electrons. The van der Waals surface area contributed by atoms with Gasteiger partial charge in [0.15, 0.2) is 5.75 Å². The fraction of sp³-hybridized carbons (Fsp3) is 0.500. The minimum atomic E-state index is -0.195. The maximum absolute atomic E-state index is 9.38. The number of nitrogens with zero attached hydrogens (tertiary/aromatic N) is 1. The van der Waals surface area contributed by atoms with Gasteiger partial charge in [0.2, 0.25) is 0 Å². The first-order valence-corrected chi connectivity index (χ1v) is 6.39. The second kappa shape index (κ2) is 5.91. The number of aliphatic hydroxyl groups excluding tert-OH is 1. The van der Waals surface area contributed by atoms with Crippen LogP contribution in [-0.4, -0.2) is 42.4 Å². The topological polar surface area (TPSA) is 32.7 Å². The van der Waals surface area contributed by atoms with Crippen molar-refractivity contribution in [3.8, 4) is 5.75 Å². The molecule has 2 rings (SSSR count). The first kappa shape index (κ1) is 13.0. The average Bonchev–Trinajstić information content (AvgIpc) is 2.69. The summed E-state index contributed by atoms with van der Waals surface area (Å²) in [5.74, 6) is 0.538. The van der Waals surface area contributed by atoms with E-state index in [-0.39, 0.29) is 6.10 Å². The van der Waals surface area contributed by atoms with E-state index in [1.807, 2.05) is 0 Å². The van der Waals surface area contributed by atoms with Gasteiger partial charge < -0.3 is 9.84 Å². The van der Waals surface area contributed by atoms with Crippen LogP contribution in [0.4, 0.5) is 0 Å². The lowest BCUT2D eigenvalue weighted by atomic mass is 10.3. The zero-order valence-corrected chi connectivity index (χ0v) is 10.9. The van der Waals surface area contributed by atoms with Crippen molar-refractivity contribution in [3.05, 3.63) is 28.2 Å². The van der Waals surface area contributed by atoms with Gasteiger partial charge in [0.1, 0.15) is 6.61 Å². The van der Waals surface area contributed by atoms with Crippen LogP contribution in [0.5, 0.6) is 5.75 Å². The first-order chi connectivity index (χ1) is 8.16. The summed E-state index contributed by atoms with van der Waals surface area (Å²) in [5.41, 5.74) is 0. The molecule has 1 aromatic rings. The van der Waals surface area contributed by atoms with E-state index in [1.54, 1.807) is 18.2 Å². The SMILES string of the molecule is O[C@H]1CCN(CCOc2c(Cl)cccc2Cl)C1. The Morgan fingerprint density at radius 3 is 2.65 bits per heavy atom. The van der Waals surface area contributed by atoms with Crippen LogP contribution in [0.2, 0.25) is 10.0 Å². The number of halogens is 2. The molecule has 1 heterocycles. The number of aliphatic hydroxyl groups is 1. The number of para-hydroxylation sites is 1. The highest BCUT2D eigenvalue weighted by molar-refractivity contribution is 6.37. The molecule has 1 N–H and O–H groups in total. The summed E-state index contributed by atoms with van der Waals surface area (Å²) in [6, 6.07) is 5.29. The van der Waals surface area contributed by atoms with E-state index in [9.17, 15) is 5.11 Å². The molecule has 5 heteroatoms. The molecule has 0 aromatic heterocycles. The molecule has 17 heavy (non-hydrogen) atoms. The molecule has 0 unspecified atom stereocenters. The number of rotatable bonds is 4. The number of ether oxygens (including phenoxy) is 1. The van der Waals surface area contributed by atoms with Gasteiger partial charge in [-0.2, -0.15) is 0 Å². The van der Waals surface area contributed by atoms with Gasteiger partial charge in [-0.05, 0) is 18.6 Å². The monoisotopic (exact) mass is 275 g/mol.